The maximum absolute atomic E-state index is 12.9. The molecule has 1 aliphatic rings. The molecule has 2 heterocycles. The highest BCUT2D eigenvalue weighted by Gasteiger charge is 2.38. The summed E-state index contributed by atoms with van der Waals surface area (Å²) < 4.78 is 63.5. The van der Waals surface area contributed by atoms with E-state index in [-0.39, 0.29) is 5.91 Å². The van der Waals surface area contributed by atoms with E-state index < -0.39 is 24.3 Å². The standard InChI is InChI=1S/C32H34N4O.2C2HF3O2/c1-34(23-26-5-3-2-4-6-26)32(37)31-13-11-30(12-14-31)29-9-7-27(8-10-29)24-35-19-21-36(22-20-35)25-28-15-17-33-18-16-28;2*3-2(4,5)1(6)7/h2-18H,19-25H2,1H3;2*(H,6,7). The molecular formula is C36H36F6N4O5. The first-order valence-electron chi connectivity index (χ1n) is 15.5. The zero-order valence-corrected chi connectivity index (χ0v) is 27.4. The minimum Gasteiger partial charge on any atom is -0.475 e. The van der Waals surface area contributed by atoms with Crippen LogP contribution in [0.3, 0.4) is 0 Å². The van der Waals surface area contributed by atoms with Crippen molar-refractivity contribution in [2.45, 2.75) is 32.0 Å². The lowest BCUT2D eigenvalue weighted by Crippen LogP contribution is -2.45. The van der Waals surface area contributed by atoms with Crippen molar-refractivity contribution in [1.82, 2.24) is 19.7 Å². The number of amides is 1. The van der Waals surface area contributed by atoms with Gasteiger partial charge in [0.05, 0.1) is 0 Å². The Bertz CT molecular complexity index is 1660. The van der Waals surface area contributed by atoms with Crippen LogP contribution in [-0.2, 0) is 29.2 Å². The van der Waals surface area contributed by atoms with Gasteiger partial charge in [0.2, 0.25) is 0 Å². The van der Waals surface area contributed by atoms with E-state index in [1.807, 2.05) is 74.0 Å². The molecule has 272 valence electrons. The number of hydrogen-bond donors (Lipinski definition) is 2. The van der Waals surface area contributed by atoms with E-state index in [2.05, 4.69) is 51.2 Å². The van der Waals surface area contributed by atoms with Crippen LogP contribution in [0.4, 0.5) is 26.3 Å². The highest BCUT2D eigenvalue weighted by Crippen LogP contribution is 2.22. The Hall–Kier alpha value is -5.28. The first kappa shape index (κ1) is 40.2. The second-order valence-corrected chi connectivity index (χ2v) is 11.4. The summed E-state index contributed by atoms with van der Waals surface area (Å²) in [5.74, 6) is -5.48. The van der Waals surface area contributed by atoms with Gasteiger partial charge in [-0.2, -0.15) is 26.3 Å². The van der Waals surface area contributed by atoms with Gasteiger partial charge in [-0.25, -0.2) is 9.59 Å². The van der Waals surface area contributed by atoms with Crippen LogP contribution in [0, 0.1) is 0 Å². The topological polar surface area (TPSA) is 114 Å². The molecule has 0 atom stereocenters. The molecule has 1 amide bonds. The van der Waals surface area contributed by atoms with Crippen LogP contribution >= 0.6 is 0 Å². The van der Waals surface area contributed by atoms with Crippen LogP contribution in [0.2, 0.25) is 0 Å². The summed E-state index contributed by atoms with van der Waals surface area (Å²) in [4.78, 5) is 41.6. The number of hydrogen-bond acceptors (Lipinski definition) is 6. The molecular weight excluding hydrogens is 682 g/mol. The van der Waals surface area contributed by atoms with Gasteiger partial charge in [0.25, 0.3) is 5.91 Å². The van der Waals surface area contributed by atoms with Crippen molar-refractivity contribution in [2.24, 2.45) is 0 Å². The number of aromatic nitrogens is 1. The molecule has 3 aromatic carbocycles. The minimum atomic E-state index is -5.08. The largest absolute Gasteiger partial charge is 0.490 e. The lowest BCUT2D eigenvalue weighted by atomic mass is 10.0. The van der Waals surface area contributed by atoms with Crippen molar-refractivity contribution >= 4 is 17.8 Å². The minimum absolute atomic E-state index is 0.0339. The first-order valence-corrected chi connectivity index (χ1v) is 15.5. The number of carboxylic acids is 2. The van der Waals surface area contributed by atoms with Crippen LogP contribution in [-0.4, -0.2) is 93.3 Å². The number of rotatable bonds is 8. The van der Waals surface area contributed by atoms with Gasteiger partial charge in [-0.05, 0) is 52.1 Å². The highest BCUT2D eigenvalue weighted by molar-refractivity contribution is 5.94. The van der Waals surface area contributed by atoms with Gasteiger partial charge in [0, 0.05) is 70.8 Å². The monoisotopic (exact) mass is 718 g/mol. The predicted molar refractivity (Wildman–Crippen MR) is 176 cm³/mol. The molecule has 1 fully saturated rings. The molecule has 0 unspecified atom stereocenters. The summed E-state index contributed by atoms with van der Waals surface area (Å²) in [5.41, 5.74) is 6.79. The fourth-order valence-corrected chi connectivity index (χ4v) is 4.87. The van der Waals surface area contributed by atoms with E-state index in [0.29, 0.717) is 12.1 Å². The van der Waals surface area contributed by atoms with E-state index in [9.17, 15) is 31.1 Å². The van der Waals surface area contributed by atoms with E-state index in [1.165, 1.54) is 16.7 Å². The number of pyridine rings is 1. The SMILES string of the molecule is CN(Cc1ccccc1)C(=O)c1ccc(-c2ccc(CN3CCN(Cc4ccncc4)CC3)cc2)cc1.O=C(O)C(F)(F)F.O=C(O)C(F)(F)F. The third kappa shape index (κ3) is 13.9. The molecule has 0 bridgehead atoms. The average molecular weight is 719 g/mol. The van der Waals surface area contributed by atoms with Crippen molar-refractivity contribution in [3.8, 4) is 11.1 Å². The Balaban J connectivity index is 0.000000424. The number of carbonyl (C=O) groups excluding carboxylic acids is 1. The quantitative estimate of drug-likeness (QED) is 0.196. The molecule has 9 nitrogen and oxygen atoms in total. The molecule has 2 N–H and O–H groups in total. The van der Waals surface area contributed by atoms with Gasteiger partial charge in [-0.3, -0.25) is 19.6 Å². The first-order chi connectivity index (χ1) is 24.0. The molecule has 0 saturated carbocycles. The third-order valence-corrected chi connectivity index (χ3v) is 7.54. The predicted octanol–water partition coefficient (Wildman–Crippen LogP) is 6.61. The van der Waals surface area contributed by atoms with E-state index in [1.54, 1.807) is 4.90 Å². The van der Waals surface area contributed by atoms with Crippen molar-refractivity contribution in [2.75, 3.05) is 33.2 Å². The average Bonchev–Trinajstić information content (AvgIpc) is 3.10. The van der Waals surface area contributed by atoms with Crippen molar-refractivity contribution in [1.29, 1.82) is 0 Å². The van der Waals surface area contributed by atoms with Gasteiger partial charge in [-0.15, -0.1) is 0 Å². The molecule has 1 saturated heterocycles. The summed E-state index contributed by atoms with van der Waals surface area (Å²) in [6.07, 6.45) is -6.43. The number of carbonyl (C=O) groups is 3. The maximum atomic E-state index is 12.9. The van der Waals surface area contributed by atoms with E-state index in [4.69, 9.17) is 19.8 Å². The number of aliphatic carboxylic acids is 2. The summed E-state index contributed by atoms with van der Waals surface area (Å²) in [5, 5.41) is 14.2. The van der Waals surface area contributed by atoms with Gasteiger partial charge in [-0.1, -0.05) is 66.7 Å². The second-order valence-electron chi connectivity index (χ2n) is 11.4. The zero-order valence-electron chi connectivity index (χ0n) is 27.4. The number of alkyl halides is 6. The van der Waals surface area contributed by atoms with Gasteiger partial charge in [0.1, 0.15) is 0 Å². The Morgan fingerprint density at radius 3 is 1.43 bits per heavy atom. The van der Waals surface area contributed by atoms with Crippen molar-refractivity contribution < 1.29 is 50.9 Å². The Morgan fingerprint density at radius 1 is 0.627 bits per heavy atom. The molecule has 0 aliphatic carbocycles. The zero-order chi connectivity index (χ0) is 37.6. The number of nitrogens with zero attached hydrogens (tertiary/aromatic N) is 4. The fourth-order valence-electron chi connectivity index (χ4n) is 4.87. The van der Waals surface area contributed by atoms with Crippen LogP contribution in [0.5, 0.6) is 0 Å². The maximum Gasteiger partial charge on any atom is 0.490 e. The van der Waals surface area contributed by atoms with Crippen molar-refractivity contribution in [3.63, 3.8) is 0 Å². The summed E-state index contributed by atoms with van der Waals surface area (Å²) in [6.45, 7) is 6.92. The van der Waals surface area contributed by atoms with E-state index >= 15 is 0 Å². The molecule has 0 spiro atoms. The molecule has 1 aliphatic heterocycles. The number of carboxylic acid groups (broad SMARTS) is 2. The van der Waals surface area contributed by atoms with Crippen LogP contribution in [0.25, 0.3) is 11.1 Å². The molecule has 0 radical (unpaired) electrons. The molecule has 15 heteroatoms. The Labute approximate surface area is 290 Å². The summed E-state index contributed by atoms with van der Waals surface area (Å²) >= 11 is 0. The summed E-state index contributed by atoms with van der Waals surface area (Å²) in [6, 6.07) is 31.0. The normalized spacial score (nSPS) is 13.5. The molecule has 4 aromatic rings. The second kappa shape index (κ2) is 18.6. The molecule has 5 rings (SSSR count). The van der Waals surface area contributed by atoms with E-state index in [0.717, 1.165) is 50.4 Å². The highest BCUT2D eigenvalue weighted by atomic mass is 19.4. The lowest BCUT2D eigenvalue weighted by Gasteiger charge is -2.34. The van der Waals surface area contributed by atoms with Crippen molar-refractivity contribution in [3.05, 3.63) is 126 Å². The number of piperazine rings is 1. The van der Waals surface area contributed by atoms with Gasteiger partial charge in [0.15, 0.2) is 0 Å². The molecule has 51 heavy (non-hydrogen) atoms. The molecule has 1 aromatic heterocycles. The summed E-state index contributed by atoms with van der Waals surface area (Å²) in [7, 11) is 1.85. The third-order valence-electron chi connectivity index (χ3n) is 7.54. The van der Waals surface area contributed by atoms with Gasteiger partial charge >= 0.3 is 24.3 Å². The van der Waals surface area contributed by atoms with Crippen LogP contribution in [0.15, 0.2) is 103 Å². The Morgan fingerprint density at radius 2 is 1.02 bits per heavy atom. The lowest BCUT2D eigenvalue weighted by molar-refractivity contribution is -0.193. The van der Waals surface area contributed by atoms with Gasteiger partial charge < -0.3 is 15.1 Å². The Kier molecular flexibility index (Phi) is 14.7. The van der Waals surface area contributed by atoms with Crippen LogP contribution in [0.1, 0.15) is 27.0 Å². The number of benzene rings is 3. The fraction of sp³-hybridized carbons (Fsp3) is 0.278. The number of halogens is 6. The smallest absolute Gasteiger partial charge is 0.475 e. The van der Waals surface area contributed by atoms with Crippen LogP contribution < -0.4 is 0 Å².